The van der Waals surface area contributed by atoms with Crippen LogP contribution in [0, 0.1) is 0 Å². The van der Waals surface area contributed by atoms with Crippen LogP contribution in [0.15, 0.2) is 23.2 Å². The molecule has 0 aromatic heterocycles. The molecule has 1 heterocycles. The molecule has 1 aliphatic carbocycles. The quantitative estimate of drug-likeness (QED) is 0.579. The molecule has 0 radical (unpaired) electrons. The molecule has 3 rings (SSSR count). The van der Waals surface area contributed by atoms with Crippen LogP contribution >= 0.6 is 0 Å². The molecular weight excluding hydrogens is 218 g/mol. The predicted molar refractivity (Wildman–Crippen MR) is 60.4 cm³/mol. The Balaban J connectivity index is 2.00. The zero-order chi connectivity index (χ0) is 11.7. The Labute approximate surface area is 99.3 Å². The minimum absolute atomic E-state index is 0.292. The van der Waals surface area contributed by atoms with Gasteiger partial charge in [-0.2, -0.15) is 4.99 Å². The van der Waals surface area contributed by atoms with Gasteiger partial charge in [-0.15, -0.1) is 0 Å². The first-order valence-corrected chi connectivity index (χ1v) is 5.77. The van der Waals surface area contributed by atoms with Crippen LogP contribution in [0.5, 0.6) is 5.75 Å². The van der Waals surface area contributed by atoms with E-state index in [1.54, 1.807) is 6.08 Å². The average Bonchev–Trinajstić information content (AvgIpc) is 2.33. The van der Waals surface area contributed by atoms with Gasteiger partial charge in [-0.1, -0.05) is 12.1 Å². The van der Waals surface area contributed by atoms with Crippen LogP contribution in [0.4, 0.5) is 0 Å². The van der Waals surface area contributed by atoms with Gasteiger partial charge < -0.3 is 9.47 Å². The second-order valence-electron chi connectivity index (χ2n) is 4.52. The molecule has 0 atom stereocenters. The summed E-state index contributed by atoms with van der Waals surface area (Å²) in [6.07, 6.45) is 4.63. The van der Waals surface area contributed by atoms with Gasteiger partial charge in [-0.05, 0) is 30.9 Å². The van der Waals surface area contributed by atoms with Gasteiger partial charge in [0.05, 0.1) is 12.1 Å². The predicted octanol–water partition coefficient (Wildman–Crippen LogP) is 2.27. The first-order valence-electron chi connectivity index (χ1n) is 5.77. The van der Waals surface area contributed by atoms with Crippen LogP contribution in [0.25, 0.3) is 0 Å². The lowest BCUT2D eigenvalue weighted by Gasteiger charge is -2.37. The monoisotopic (exact) mass is 231 g/mol. The third kappa shape index (κ3) is 1.66. The van der Waals surface area contributed by atoms with E-state index < -0.39 is 0 Å². The lowest BCUT2D eigenvalue weighted by Crippen LogP contribution is -2.32. The lowest BCUT2D eigenvalue weighted by molar-refractivity contribution is -0.0165. The third-order valence-electron chi connectivity index (χ3n) is 3.60. The van der Waals surface area contributed by atoms with Crippen molar-refractivity contribution in [1.29, 1.82) is 0 Å². The second kappa shape index (κ2) is 3.99. The third-order valence-corrected chi connectivity index (χ3v) is 3.60. The summed E-state index contributed by atoms with van der Waals surface area (Å²) in [5, 5.41) is 0. The highest BCUT2D eigenvalue weighted by Crippen LogP contribution is 2.46. The first kappa shape index (κ1) is 10.5. The van der Waals surface area contributed by atoms with Gasteiger partial charge >= 0.3 is 0 Å². The number of fused-ring (bicyclic) bond motifs is 1. The van der Waals surface area contributed by atoms with Crippen molar-refractivity contribution in [3.63, 3.8) is 0 Å². The maximum Gasteiger partial charge on any atom is 0.235 e. The van der Waals surface area contributed by atoms with Crippen molar-refractivity contribution in [2.24, 2.45) is 4.99 Å². The molecule has 2 aliphatic rings. The number of hydrogen-bond acceptors (Lipinski definition) is 4. The number of hydrogen-bond donors (Lipinski definition) is 0. The van der Waals surface area contributed by atoms with Crippen molar-refractivity contribution in [3.05, 3.63) is 29.3 Å². The Bertz CT molecular complexity index is 487. The Morgan fingerprint density at radius 2 is 2.24 bits per heavy atom. The maximum atomic E-state index is 10.5. The second-order valence-corrected chi connectivity index (χ2v) is 4.52. The van der Waals surface area contributed by atoms with E-state index in [2.05, 4.69) is 4.99 Å². The number of isocyanates is 1. The highest BCUT2D eigenvalue weighted by atomic mass is 16.7. The number of ether oxygens (including phenoxy) is 2. The summed E-state index contributed by atoms with van der Waals surface area (Å²) in [4.78, 5) is 14.5. The summed E-state index contributed by atoms with van der Waals surface area (Å²) in [6, 6.07) is 5.99. The highest BCUT2D eigenvalue weighted by molar-refractivity contribution is 5.44. The molecule has 0 unspecified atom stereocenters. The summed E-state index contributed by atoms with van der Waals surface area (Å²) >= 11 is 0. The van der Waals surface area contributed by atoms with Crippen LogP contribution in [0.1, 0.15) is 30.4 Å². The minimum Gasteiger partial charge on any atom is -0.467 e. The standard InChI is InChI=1S/C13H13NO3/c15-8-14-13(4-1-5-13)11-3-2-10-7-16-9-17-12(10)6-11/h2-3,6H,1,4-5,7,9H2. The van der Waals surface area contributed by atoms with E-state index >= 15 is 0 Å². The van der Waals surface area contributed by atoms with Gasteiger partial charge in [0.2, 0.25) is 6.08 Å². The van der Waals surface area contributed by atoms with Crippen LogP contribution in [0.2, 0.25) is 0 Å². The van der Waals surface area contributed by atoms with Crippen LogP contribution in [-0.4, -0.2) is 12.9 Å². The van der Waals surface area contributed by atoms with Crippen molar-refractivity contribution in [3.8, 4) is 5.75 Å². The number of rotatable bonds is 2. The van der Waals surface area contributed by atoms with Crippen LogP contribution < -0.4 is 4.74 Å². The fraction of sp³-hybridized carbons (Fsp3) is 0.462. The molecule has 0 bridgehead atoms. The van der Waals surface area contributed by atoms with Gasteiger partial charge in [0, 0.05) is 5.56 Å². The zero-order valence-electron chi connectivity index (χ0n) is 9.44. The molecule has 4 nitrogen and oxygen atoms in total. The molecule has 0 saturated heterocycles. The van der Waals surface area contributed by atoms with E-state index in [1.807, 2.05) is 18.2 Å². The molecule has 1 fully saturated rings. The van der Waals surface area contributed by atoms with Crippen molar-refractivity contribution in [2.75, 3.05) is 6.79 Å². The molecule has 0 amide bonds. The van der Waals surface area contributed by atoms with Crippen molar-refractivity contribution in [2.45, 2.75) is 31.4 Å². The SMILES string of the molecule is O=C=NC1(c2ccc3c(c2)OCOC3)CCC1. The maximum absolute atomic E-state index is 10.5. The molecule has 88 valence electrons. The van der Waals surface area contributed by atoms with E-state index in [1.165, 1.54) is 0 Å². The van der Waals surface area contributed by atoms with Gasteiger partial charge in [-0.25, -0.2) is 4.79 Å². The number of aliphatic imine (C=N–C) groups is 1. The average molecular weight is 231 g/mol. The molecular formula is C13H13NO3. The molecule has 0 N–H and O–H groups in total. The Kier molecular flexibility index (Phi) is 2.46. The Hall–Kier alpha value is -1.64. The number of nitrogens with zero attached hydrogens (tertiary/aromatic N) is 1. The van der Waals surface area contributed by atoms with Gasteiger partial charge in [-0.3, -0.25) is 0 Å². The van der Waals surface area contributed by atoms with E-state index in [9.17, 15) is 4.79 Å². The van der Waals surface area contributed by atoms with Gasteiger partial charge in [0.25, 0.3) is 0 Å². The van der Waals surface area contributed by atoms with E-state index in [-0.39, 0.29) is 5.54 Å². The molecule has 1 saturated carbocycles. The Morgan fingerprint density at radius 1 is 1.35 bits per heavy atom. The molecule has 17 heavy (non-hydrogen) atoms. The fourth-order valence-electron chi connectivity index (χ4n) is 2.42. The molecule has 0 spiro atoms. The largest absolute Gasteiger partial charge is 0.467 e. The summed E-state index contributed by atoms with van der Waals surface area (Å²) in [7, 11) is 0. The smallest absolute Gasteiger partial charge is 0.235 e. The molecule has 1 aromatic carbocycles. The topological polar surface area (TPSA) is 47.9 Å². The number of benzene rings is 1. The summed E-state index contributed by atoms with van der Waals surface area (Å²) < 4.78 is 10.6. The fourth-order valence-corrected chi connectivity index (χ4v) is 2.42. The molecule has 1 aliphatic heterocycles. The van der Waals surface area contributed by atoms with Crippen LogP contribution in [0.3, 0.4) is 0 Å². The highest BCUT2D eigenvalue weighted by Gasteiger charge is 2.39. The normalized spacial score (nSPS) is 20.5. The molecule has 1 aromatic rings. The van der Waals surface area contributed by atoms with Gasteiger partial charge in [0.15, 0.2) is 6.79 Å². The Morgan fingerprint density at radius 3 is 2.94 bits per heavy atom. The first-order chi connectivity index (χ1) is 8.34. The zero-order valence-corrected chi connectivity index (χ0v) is 9.44. The van der Waals surface area contributed by atoms with E-state index in [0.717, 1.165) is 36.1 Å². The van der Waals surface area contributed by atoms with E-state index in [4.69, 9.17) is 9.47 Å². The minimum atomic E-state index is -0.349. The van der Waals surface area contributed by atoms with Crippen molar-refractivity contribution < 1.29 is 14.3 Å². The van der Waals surface area contributed by atoms with Crippen molar-refractivity contribution in [1.82, 2.24) is 0 Å². The summed E-state index contributed by atoms with van der Waals surface area (Å²) in [5.41, 5.74) is 1.75. The van der Waals surface area contributed by atoms with E-state index in [0.29, 0.717) is 13.4 Å². The van der Waals surface area contributed by atoms with Crippen molar-refractivity contribution >= 4 is 6.08 Å². The summed E-state index contributed by atoms with van der Waals surface area (Å²) in [5.74, 6) is 0.848. The number of carbonyl (C=O) groups excluding carboxylic acids is 1. The van der Waals surface area contributed by atoms with Gasteiger partial charge in [0.1, 0.15) is 5.75 Å². The van der Waals surface area contributed by atoms with Crippen LogP contribution in [-0.2, 0) is 21.7 Å². The molecule has 4 heteroatoms. The summed E-state index contributed by atoms with van der Waals surface area (Å²) in [6.45, 7) is 0.875. The lowest BCUT2D eigenvalue weighted by atomic mass is 9.72.